The predicted octanol–water partition coefficient (Wildman–Crippen LogP) is 4.17. The van der Waals surface area contributed by atoms with E-state index in [0.29, 0.717) is 6.54 Å². The maximum absolute atomic E-state index is 4.44. The molecule has 0 aliphatic rings. The van der Waals surface area contributed by atoms with Crippen molar-refractivity contribution in [3.8, 4) is 11.1 Å². The maximum Gasteiger partial charge on any atom is 0.129 e. The lowest BCUT2D eigenvalue weighted by Crippen LogP contribution is -2.06. The van der Waals surface area contributed by atoms with Gasteiger partial charge in [-0.1, -0.05) is 30.3 Å². The molecule has 24 heavy (non-hydrogen) atoms. The van der Waals surface area contributed by atoms with E-state index in [2.05, 4.69) is 60.6 Å². The molecule has 0 aliphatic carbocycles. The Kier molecular flexibility index (Phi) is 3.96. The quantitative estimate of drug-likeness (QED) is 0.578. The third-order valence-electron chi connectivity index (χ3n) is 3.77. The van der Waals surface area contributed by atoms with Crippen molar-refractivity contribution in [3.05, 3.63) is 77.4 Å². The van der Waals surface area contributed by atoms with E-state index < -0.39 is 0 Å². The van der Waals surface area contributed by atoms with Crippen LogP contribution in [0.5, 0.6) is 0 Å². The molecule has 3 heterocycles. The lowest BCUT2D eigenvalue weighted by Gasteiger charge is -2.11. The summed E-state index contributed by atoms with van der Waals surface area (Å²) in [5.41, 5.74) is 4.33. The van der Waals surface area contributed by atoms with Crippen LogP contribution in [0, 0.1) is 0 Å². The van der Waals surface area contributed by atoms with Crippen molar-refractivity contribution in [2.45, 2.75) is 6.54 Å². The van der Waals surface area contributed by atoms with Gasteiger partial charge in [0.05, 0.1) is 16.2 Å². The van der Waals surface area contributed by atoms with Gasteiger partial charge in [0.1, 0.15) is 12.1 Å². The van der Waals surface area contributed by atoms with Crippen molar-refractivity contribution >= 4 is 27.3 Å². The van der Waals surface area contributed by atoms with E-state index in [1.165, 1.54) is 11.9 Å². The van der Waals surface area contributed by atoms with E-state index in [0.717, 1.165) is 26.9 Å². The average molecular weight is 380 g/mol. The van der Waals surface area contributed by atoms with Crippen LogP contribution >= 0.6 is 15.9 Å². The molecule has 4 rings (SSSR count). The minimum absolute atomic E-state index is 0.631. The zero-order chi connectivity index (χ0) is 16.4. The number of aromatic nitrogens is 4. The zero-order valence-corrected chi connectivity index (χ0v) is 14.3. The van der Waals surface area contributed by atoms with E-state index in [4.69, 9.17) is 0 Å². The summed E-state index contributed by atoms with van der Waals surface area (Å²) in [6.45, 7) is 0.631. The van der Waals surface area contributed by atoms with Gasteiger partial charge in [-0.2, -0.15) is 5.10 Å². The molecule has 0 saturated heterocycles. The molecule has 4 aromatic rings. The number of nitrogens with one attached hydrogen (secondary N) is 1. The molecule has 0 amide bonds. The summed E-state index contributed by atoms with van der Waals surface area (Å²) >= 11 is 3.57. The summed E-state index contributed by atoms with van der Waals surface area (Å²) in [5, 5.41) is 7.87. The number of rotatable bonds is 4. The Morgan fingerprint density at radius 3 is 2.54 bits per heavy atom. The van der Waals surface area contributed by atoms with Crippen LogP contribution in [0.1, 0.15) is 5.56 Å². The molecule has 6 heteroatoms. The number of fused-ring (bicyclic) bond motifs is 1. The van der Waals surface area contributed by atoms with E-state index >= 15 is 0 Å². The second-order valence-electron chi connectivity index (χ2n) is 5.39. The van der Waals surface area contributed by atoms with Crippen molar-refractivity contribution in [2.24, 2.45) is 0 Å². The first-order valence-corrected chi connectivity index (χ1v) is 8.31. The molecule has 0 saturated carbocycles. The van der Waals surface area contributed by atoms with Gasteiger partial charge in [-0.05, 0) is 39.2 Å². The van der Waals surface area contributed by atoms with E-state index in [1.54, 1.807) is 18.6 Å². The normalized spacial score (nSPS) is 10.9. The molecule has 0 spiro atoms. The van der Waals surface area contributed by atoms with Crippen molar-refractivity contribution < 1.29 is 0 Å². The number of anilines is 1. The third-order valence-corrected chi connectivity index (χ3v) is 4.38. The Bertz CT molecular complexity index is 967. The highest BCUT2D eigenvalue weighted by Crippen LogP contribution is 2.29. The lowest BCUT2D eigenvalue weighted by atomic mass is 10.1. The molecule has 0 unspecified atom stereocenters. The van der Waals surface area contributed by atoms with Crippen molar-refractivity contribution in [1.29, 1.82) is 0 Å². The number of pyridine rings is 1. The van der Waals surface area contributed by atoms with Crippen LogP contribution in [-0.4, -0.2) is 19.6 Å². The molecule has 5 nitrogen and oxygen atoms in total. The summed E-state index contributed by atoms with van der Waals surface area (Å²) in [5.74, 6) is 0.918. The van der Waals surface area contributed by atoms with Gasteiger partial charge in [0.25, 0.3) is 0 Å². The number of benzene rings is 1. The summed E-state index contributed by atoms with van der Waals surface area (Å²) in [6, 6.07) is 14.5. The minimum Gasteiger partial charge on any atom is -0.366 e. The van der Waals surface area contributed by atoms with Gasteiger partial charge in [-0.3, -0.25) is 0 Å². The van der Waals surface area contributed by atoms with Crippen LogP contribution in [0.15, 0.2) is 71.9 Å². The van der Waals surface area contributed by atoms with Crippen LogP contribution in [-0.2, 0) is 6.54 Å². The second-order valence-corrected chi connectivity index (χ2v) is 6.24. The largest absolute Gasteiger partial charge is 0.366 e. The Morgan fingerprint density at radius 2 is 1.75 bits per heavy atom. The summed E-state index contributed by atoms with van der Waals surface area (Å²) < 4.78 is 2.85. The molecule has 1 N–H and O–H groups in total. The van der Waals surface area contributed by atoms with E-state index in [1.807, 2.05) is 22.7 Å². The van der Waals surface area contributed by atoms with Crippen LogP contribution in [0.2, 0.25) is 0 Å². The Labute approximate surface area is 147 Å². The fourth-order valence-electron chi connectivity index (χ4n) is 2.59. The molecular formula is C18H14BrN5. The minimum atomic E-state index is 0.631. The number of hydrogen-bond acceptors (Lipinski definition) is 4. The molecular weight excluding hydrogens is 366 g/mol. The van der Waals surface area contributed by atoms with Gasteiger partial charge in [0.15, 0.2) is 0 Å². The topological polar surface area (TPSA) is 55.1 Å². The predicted molar refractivity (Wildman–Crippen MR) is 97.7 cm³/mol. The molecule has 0 radical (unpaired) electrons. The van der Waals surface area contributed by atoms with Crippen LogP contribution < -0.4 is 5.32 Å². The highest BCUT2D eigenvalue weighted by molar-refractivity contribution is 9.10. The zero-order valence-electron chi connectivity index (χ0n) is 12.7. The molecule has 0 fully saturated rings. The smallest absolute Gasteiger partial charge is 0.129 e. The Hall–Kier alpha value is -2.73. The van der Waals surface area contributed by atoms with Gasteiger partial charge in [0.2, 0.25) is 0 Å². The molecule has 0 bridgehead atoms. The average Bonchev–Trinajstić information content (AvgIpc) is 3.02. The lowest BCUT2D eigenvalue weighted by molar-refractivity contribution is 0.938. The van der Waals surface area contributed by atoms with Gasteiger partial charge in [-0.25, -0.2) is 14.5 Å². The van der Waals surface area contributed by atoms with Gasteiger partial charge >= 0.3 is 0 Å². The highest BCUT2D eigenvalue weighted by Gasteiger charge is 2.09. The SMILES string of the molecule is Brc1cnn2c(NCc3cncnc3)cc(-c3ccccc3)cc12. The van der Waals surface area contributed by atoms with Crippen LogP contribution in [0.4, 0.5) is 5.82 Å². The van der Waals surface area contributed by atoms with Crippen LogP contribution in [0.25, 0.3) is 16.6 Å². The molecule has 1 aromatic carbocycles. The fourth-order valence-corrected chi connectivity index (χ4v) is 2.97. The van der Waals surface area contributed by atoms with Crippen molar-refractivity contribution in [3.63, 3.8) is 0 Å². The van der Waals surface area contributed by atoms with E-state index in [9.17, 15) is 0 Å². The number of halogens is 1. The van der Waals surface area contributed by atoms with Crippen LogP contribution in [0.3, 0.4) is 0 Å². The highest BCUT2D eigenvalue weighted by atomic mass is 79.9. The first kappa shape index (κ1) is 14.8. The van der Waals surface area contributed by atoms with Gasteiger partial charge < -0.3 is 5.32 Å². The number of hydrogen-bond donors (Lipinski definition) is 1. The summed E-state index contributed by atoms with van der Waals surface area (Å²) in [4.78, 5) is 8.10. The first-order chi connectivity index (χ1) is 11.8. The monoisotopic (exact) mass is 379 g/mol. The van der Waals surface area contributed by atoms with E-state index in [-0.39, 0.29) is 0 Å². The second kappa shape index (κ2) is 6.41. The van der Waals surface area contributed by atoms with Gasteiger partial charge in [-0.15, -0.1) is 0 Å². The molecule has 118 valence electrons. The molecule has 3 aromatic heterocycles. The maximum atomic E-state index is 4.44. The summed E-state index contributed by atoms with van der Waals surface area (Å²) in [7, 11) is 0. The van der Waals surface area contributed by atoms with Crippen molar-refractivity contribution in [2.75, 3.05) is 5.32 Å². The standard InChI is InChI=1S/C18H14BrN5/c19-16-11-23-24-17(16)6-15(14-4-2-1-3-5-14)7-18(24)22-10-13-8-20-12-21-9-13/h1-9,11-12,22H,10H2. The Balaban J connectivity index is 1.76. The number of nitrogens with zero attached hydrogens (tertiary/aromatic N) is 4. The third kappa shape index (κ3) is 2.88. The summed E-state index contributed by atoms with van der Waals surface area (Å²) in [6.07, 6.45) is 6.94. The van der Waals surface area contributed by atoms with Gasteiger partial charge in [0, 0.05) is 24.5 Å². The molecule has 0 aliphatic heterocycles. The van der Waals surface area contributed by atoms with Crippen molar-refractivity contribution in [1.82, 2.24) is 19.6 Å². The Morgan fingerprint density at radius 1 is 0.958 bits per heavy atom. The fraction of sp³-hybridized carbons (Fsp3) is 0.0556. The first-order valence-electron chi connectivity index (χ1n) is 7.52. The molecule has 0 atom stereocenters.